The summed E-state index contributed by atoms with van der Waals surface area (Å²) in [4.78, 5) is 21.3. The zero-order chi connectivity index (χ0) is 31.6. The van der Waals surface area contributed by atoms with E-state index in [9.17, 15) is 9.59 Å². The van der Waals surface area contributed by atoms with Crippen LogP contribution < -0.4 is 21.3 Å². The molecule has 0 aromatic heterocycles. The number of nitrogens with one attached hydrogen (secondary N) is 4. The molecule has 0 atom stereocenters. The highest BCUT2D eigenvalue weighted by Crippen LogP contribution is 2.12. The molecule has 0 unspecified atom stereocenters. The van der Waals surface area contributed by atoms with Crippen LogP contribution in [0.25, 0.3) is 0 Å². The van der Waals surface area contributed by atoms with E-state index >= 15 is 0 Å². The molecule has 0 spiro atoms. The molecule has 0 aliphatic rings. The molecule has 0 saturated carbocycles. The second-order valence-electron chi connectivity index (χ2n) is 8.40. The van der Waals surface area contributed by atoms with Gasteiger partial charge in [0, 0.05) is 63.8 Å². The van der Waals surface area contributed by atoms with Crippen molar-refractivity contribution in [2.75, 3.05) is 89.4 Å². The van der Waals surface area contributed by atoms with E-state index in [1.807, 2.05) is 70.8 Å². The van der Waals surface area contributed by atoms with Gasteiger partial charge in [-0.1, -0.05) is 12.1 Å². The molecule has 0 aliphatic heterocycles. The van der Waals surface area contributed by atoms with Crippen molar-refractivity contribution in [2.45, 2.75) is 12.8 Å². The third kappa shape index (κ3) is 17.7. The summed E-state index contributed by atoms with van der Waals surface area (Å²) in [6.45, 7) is 0.791. The fourth-order valence-electron chi connectivity index (χ4n) is 3.04. The molecular weight excluding hydrogens is 552 g/mol. The van der Waals surface area contributed by atoms with Crippen LogP contribution >= 0.6 is 11.8 Å². The molecule has 0 fully saturated rings. The van der Waals surface area contributed by atoms with E-state index in [1.165, 1.54) is 19.8 Å². The first-order chi connectivity index (χ1) is 20.3. The maximum atomic E-state index is 11.0. The number of benzene rings is 3. The molecular formula is C32H48N4O5S. The molecule has 0 saturated heterocycles. The van der Waals surface area contributed by atoms with Crippen molar-refractivity contribution in [3.63, 3.8) is 0 Å². The minimum Gasteiger partial charge on any atom is -0.469 e. The second kappa shape index (κ2) is 24.9. The number of esters is 2. The van der Waals surface area contributed by atoms with Crippen LogP contribution in [0.5, 0.6) is 0 Å². The topological polar surface area (TPSA) is 110 Å². The van der Waals surface area contributed by atoms with E-state index in [4.69, 9.17) is 4.74 Å². The minimum absolute atomic E-state index is 0.126. The number of thioether (sulfide) groups is 1. The number of methoxy groups -OCH3 is 3. The van der Waals surface area contributed by atoms with Gasteiger partial charge in [0.15, 0.2) is 0 Å². The first-order valence-electron chi connectivity index (χ1n) is 13.4. The lowest BCUT2D eigenvalue weighted by Gasteiger charge is -2.02. The van der Waals surface area contributed by atoms with E-state index in [0.29, 0.717) is 12.0 Å². The lowest BCUT2D eigenvalue weighted by atomic mass is 10.1. The highest BCUT2D eigenvalue weighted by atomic mass is 32.2. The zero-order valence-corrected chi connectivity index (χ0v) is 27.0. The lowest BCUT2D eigenvalue weighted by Crippen LogP contribution is -2.00. The second-order valence-corrected chi connectivity index (χ2v) is 9.39. The third-order valence-electron chi connectivity index (χ3n) is 5.63. The molecule has 0 radical (unpaired) electrons. The Hall–Kier alpha value is -3.89. The van der Waals surface area contributed by atoms with Crippen LogP contribution in [0.15, 0.2) is 72.8 Å². The number of ether oxygens (including phenoxy) is 3. The van der Waals surface area contributed by atoms with Crippen molar-refractivity contribution in [1.82, 2.24) is 0 Å². The number of carbonyl (C=O) groups excluding carboxylic acids is 2. The highest BCUT2D eigenvalue weighted by Gasteiger charge is 2.02. The van der Waals surface area contributed by atoms with Gasteiger partial charge in [0.2, 0.25) is 0 Å². The third-order valence-corrected chi connectivity index (χ3v) is 6.24. The molecule has 9 nitrogen and oxygen atoms in total. The Bertz CT molecular complexity index is 1070. The van der Waals surface area contributed by atoms with Crippen LogP contribution in [0.3, 0.4) is 0 Å². The van der Waals surface area contributed by atoms with Crippen LogP contribution in [0, 0.1) is 0 Å². The normalized spacial score (nSPS) is 9.24. The van der Waals surface area contributed by atoms with Gasteiger partial charge in [-0.25, -0.2) is 4.79 Å². The number of anilines is 4. The average Bonchev–Trinajstić information content (AvgIpc) is 3.06. The smallest absolute Gasteiger partial charge is 0.337 e. The Morgan fingerprint density at radius 3 is 1.38 bits per heavy atom. The summed E-state index contributed by atoms with van der Waals surface area (Å²) in [5.41, 5.74) is 6.28. The lowest BCUT2D eigenvalue weighted by molar-refractivity contribution is -0.140. The minimum atomic E-state index is -0.308. The van der Waals surface area contributed by atoms with E-state index in [1.54, 1.807) is 31.0 Å². The molecule has 3 aromatic rings. The molecule has 10 heteroatoms. The molecule has 0 amide bonds. The Balaban J connectivity index is 0.000000541. The van der Waals surface area contributed by atoms with E-state index in [-0.39, 0.29) is 11.9 Å². The predicted octanol–water partition coefficient (Wildman–Crippen LogP) is 6.11. The van der Waals surface area contributed by atoms with E-state index < -0.39 is 0 Å². The summed E-state index contributed by atoms with van der Waals surface area (Å²) in [6, 6.07) is 23.6. The van der Waals surface area contributed by atoms with Crippen molar-refractivity contribution in [3.05, 3.63) is 83.9 Å². The first-order valence-corrected chi connectivity index (χ1v) is 14.8. The quantitative estimate of drug-likeness (QED) is 0.192. The Morgan fingerprint density at radius 2 is 1.05 bits per heavy atom. The molecule has 42 heavy (non-hydrogen) atoms. The fourth-order valence-corrected chi connectivity index (χ4v) is 3.41. The molecule has 0 heterocycles. The summed E-state index contributed by atoms with van der Waals surface area (Å²) in [6.07, 6.45) is 3.47. The van der Waals surface area contributed by atoms with Crippen molar-refractivity contribution in [1.29, 1.82) is 0 Å². The van der Waals surface area contributed by atoms with Gasteiger partial charge in [-0.2, -0.15) is 11.8 Å². The summed E-state index contributed by atoms with van der Waals surface area (Å²) < 4.78 is 13.9. The van der Waals surface area contributed by atoms with Crippen LogP contribution in [0.1, 0.15) is 22.3 Å². The van der Waals surface area contributed by atoms with Gasteiger partial charge in [-0.3, -0.25) is 4.79 Å². The Morgan fingerprint density at radius 1 is 0.643 bits per heavy atom. The molecule has 0 bridgehead atoms. The van der Waals surface area contributed by atoms with E-state index in [2.05, 4.69) is 55.0 Å². The van der Waals surface area contributed by atoms with Crippen LogP contribution in [0.4, 0.5) is 22.7 Å². The van der Waals surface area contributed by atoms with Crippen molar-refractivity contribution < 1.29 is 23.8 Å². The van der Waals surface area contributed by atoms with Gasteiger partial charge in [-0.05, 0) is 78.9 Å². The first kappa shape index (κ1) is 38.1. The molecule has 3 aromatic carbocycles. The van der Waals surface area contributed by atoms with Crippen LogP contribution in [-0.2, 0) is 25.4 Å². The molecule has 0 aliphatic carbocycles. The van der Waals surface area contributed by atoms with Gasteiger partial charge in [0.05, 0.1) is 32.8 Å². The van der Waals surface area contributed by atoms with Crippen LogP contribution in [-0.4, -0.2) is 80.1 Å². The maximum Gasteiger partial charge on any atom is 0.337 e. The molecule has 232 valence electrons. The standard InChI is InChI=1S/C10H15NO.C9H11NO2.C8H12N2.C5H10O2S/c1-11-10-5-3-9(4-6-10)7-8-12-2;1-10-8-5-3-7(4-6-8)9(11)12-2;1-9-7-3-5-8(10-2)6-4-7;1-7-5(6)3-4-8-2/h3-6,11H,7-8H2,1-2H3;3-6,10H,1-2H3;3-6,9-10H,1-2H3;3-4H2,1-2H3. The zero-order valence-electron chi connectivity index (χ0n) is 26.2. The monoisotopic (exact) mass is 600 g/mol. The summed E-state index contributed by atoms with van der Waals surface area (Å²) in [7, 11) is 12.1. The van der Waals surface area contributed by atoms with Gasteiger partial charge >= 0.3 is 11.9 Å². The van der Waals surface area contributed by atoms with Gasteiger partial charge in [0.25, 0.3) is 0 Å². The molecule has 3 rings (SSSR count). The maximum absolute atomic E-state index is 11.0. The largest absolute Gasteiger partial charge is 0.469 e. The van der Waals surface area contributed by atoms with Gasteiger partial charge in [0.1, 0.15) is 0 Å². The molecule has 4 N–H and O–H groups in total. The Kier molecular flexibility index (Phi) is 22.6. The van der Waals surface area contributed by atoms with Crippen LogP contribution in [0.2, 0.25) is 0 Å². The predicted molar refractivity (Wildman–Crippen MR) is 179 cm³/mol. The number of rotatable bonds is 11. The SMILES string of the molecule is CNc1ccc(C(=O)OC)cc1.CNc1ccc(CCOC)cc1.CNc1ccc(NC)cc1.COC(=O)CCSC. The summed E-state index contributed by atoms with van der Waals surface area (Å²) in [5, 5.41) is 12.1. The Labute approximate surface area is 256 Å². The summed E-state index contributed by atoms with van der Waals surface area (Å²) >= 11 is 1.64. The number of hydrogen-bond donors (Lipinski definition) is 4. The van der Waals surface area contributed by atoms with Crippen molar-refractivity contribution in [2.24, 2.45) is 0 Å². The highest BCUT2D eigenvalue weighted by molar-refractivity contribution is 7.98. The van der Waals surface area contributed by atoms with Gasteiger partial charge < -0.3 is 35.5 Å². The van der Waals surface area contributed by atoms with E-state index in [0.717, 1.165) is 41.5 Å². The van der Waals surface area contributed by atoms with Crippen molar-refractivity contribution >= 4 is 46.5 Å². The average molecular weight is 601 g/mol. The number of hydrogen-bond acceptors (Lipinski definition) is 10. The van der Waals surface area contributed by atoms with Gasteiger partial charge in [-0.15, -0.1) is 0 Å². The van der Waals surface area contributed by atoms with Crippen molar-refractivity contribution in [3.8, 4) is 0 Å². The fraction of sp³-hybridized carbons (Fsp3) is 0.375. The summed E-state index contributed by atoms with van der Waals surface area (Å²) in [5.74, 6) is 0.421. The number of carbonyl (C=O) groups is 2.